The third-order valence-corrected chi connectivity index (χ3v) is 4.25. The van der Waals surface area contributed by atoms with E-state index in [4.69, 9.17) is 9.47 Å². The number of rotatable bonds is 2. The first-order chi connectivity index (χ1) is 7.81. The van der Waals surface area contributed by atoms with Crippen molar-refractivity contribution >= 4 is 5.97 Å². The number of carbonyl (C=O) groups is 1. The second kappa shape index (κ2) is 4.02. The zero-order valence-electron chi connectivity index (χ0n) is 9.74. The molecular formula is C13H20O3. The topological polar surface area (TPSA) is 38.8 Å². The minimum absolute atomic E-state index is 0.0636. The maximum atomic E-state index is 12.1. The molecule has 0 aromatic heterocycles. The van der Waals surface area contributed by atoms with Gasteiger partial charge >= 0.3 is 5.97 Å². The molecule has 90 valence electrons. The van der Waals surface area contributed by atoms with Crippen molar-refractivity contribution in [2.75, 3.05) is 0 Å². The lowest BCUT2D eigenvalue weighted by Crippen LogP contribution is -2.32. The number of carbonyl (C=O) groups excluding carboxylic acids is 1. The third kappa shape index (κ3) is 1.75. The van der Waals surface area contributed by atoms with Crippen molar-refractivity contribution in [3.05, 3.63) is 0 Å². The quantitative estimate of drug-likeness (QED) is 0.534. The SMILES string of the molecule is O=C(OC1CCCC1)C12CCCCCC1O2. The smallest absolute Gasteiger partial charge is 0.341 e. The van der Waals surface area contributed by atoms with Crippen molar-refractivity contribution in [3.8, 4) is 0 Å². The predicted molar refractivity (Wildman–Crippen MR) is 59.0 cm³/mol. The van der Waals surface area contributed by atoms with E-state index in [1.807, 2.05) is 0 Å². The van der Waals surface area contributed by atoms with Gasteiger partial charge in [-0.05, 0) is 44.9 Å². The van der Waals surface area contributed by atoms with Crippen molar-refractivity contribution < 1.29 is 14.3 Å². The van der Waals surface area contributed by atoms with E-state index >= 15 is 0 Å². The molecule has 3 rings (SSSR count). The lowest BCUT2D eigenvalue weighted by molar-refractivity contribution is -0.155. The highest BCUT2D eigenvalue weighted by molar-refractivity contribution is 5.83. The molecule has 2 unspecified atom stereocenters. The van der Waals surface area contributed by atoms with Crippen LogP contribution in [0.4, 0.5) is 0 Å². The molecule has 0 bridgehead atoms. The summed E-state index contributed by atoms with van der Waals surface area (Å²) in [5.41, 5.74) is -0.515. The number of hydrogen-bond acceptors (Lipinski definition) is 3. The maximum absolute atomic E-state index is 12.1. The highest BCUT2D eigenvalue weighted by atomic mass is 16.7. The summed E-state index contributed by atoms with van der Waals surface area (Å²) in [5, 5.41) is 0. The standard InChI is InChI=1S/C13H20O3/c14-12(15-10-6-3-4-7-10)13-9-5-1-2-8-11(13)16-13/h10-11H,1-9H2. The second-order valence-electron chi connectivity index (χ2n) is 5.41. The molecule has 3 nitrogen and oxygen atoms in total. The Morgan fingerprint density at radius 2 is 1.81 bits per heavy atom. The molecule has 0 aromatic carbocycles. The Labute approximate surface area is 96.5 Å². The average Bonchev–Trinajstić information content (AvgIpc) is 2.80. The molecule has 16 heavy (non-hydrogen) atoms. The van der Waals surface area contributed by atoms with E-state index in [0.717, 1.165) is 32.1 Å². The minimum atomic E-state index is -0.515. The Hall–Kier alpha value is -0.570. The molecule has 1 heterocycles. The van der Waals surface area contributed by atoms with Crippen LogP contribution < -0.4 is 0 Å². The van der Waals surface area contributed by atoms with Crippen LogP contribution in [-0.2, 0) is 14.3 Å². The van der Waals surface area contributed by atoms with Crippen LogP contribution in [0.5, 0.6) is 0 Å². The normalized spacial score (nSPS) is 38.9. The van der Waals surface area contributed by atoms with Gasteiger partial charge in [0, 0.05) is 0 Å². The van der Waals surface area contributed by atoms with Gasteiger partial charge in [0.05, 0.1) is 6.10 Å². The van der Waals surface area contributed by atoms with Crippen LogP contribution in [0.3, 0.4) is 0 Å². The summed E-state index contributed by atoms with van der Waals surface area (Å²) in [5.74, 6) is -0.0636. The largest absolute Gasteiger partial charge is 0.460 e. The van der Waals surface area contributed by atoms with Gasteiger partial charge < -0.3 is 9.47 Å². The van der Waals surface area contributed by atoms with Gasteiger partial charge in [-0.1, -0.05) is 12.8 Å². The van der Waals surface area contributed by atoms with Crippen LogP contribution in [0.2, 0.25) is 0 Å². The number of esters is 1. The first-order valence-corrected chi connectivity index (χ1v) is 6.70. The molecule has 0 amide bonds. The molecule has 1 aliphatic heterocycles. The molecule has 0 spiro atoms. The Morgan fingerprint density at radius 3 is 2.62 bits per heavy atom. The molecule has 0 aromatic rings. The molecular weight excluding hydrogens is 204 g/mol. The first kappa shape index (κ1) is 10.6. The minimum Gasteiger partial charge on any atom is -0.460 e. The van der Waals surface area contributed by atoms with Gasteiger partial charge in [0.25, 0.3) is 0 Å². The highest BCUT2D eigenvalue weighted by Gasteiger charge is 2.63. The van der Waals surface area contributed by atoms with E-state index in [2.05, 4.69) is 0 Å². The number of epoxide rings is 1. The molecule has 3 aliphatic rings. The monoisotopic (exact) mass is 224 g/mol. The molecule has 3 heteroatoms. The van der Waals surface area contributed by atoms with Crippen LogP contribution in [0.15, 0.2) is 0 Å². The van der Waals surface area contributed by atoms with Gasteiger partial charge in [-0.2, -0.15) is 0 Å². The molecule has 2 aliphatic carbocycles. The third-order valence-electron chi connectivity index (χ3n) is 4.25. The fourth-order valence-corrected chi connectivity index (χ4v) is 3.16. The lowest BCUT2D eigenvalue weighted by atomic mass is 10.0. The van der Waals surface area contributed by atoms with Crippen LogP contribution in [0.1, 0.15) is 57.8 Å². The summed E-state index contributed by atoms with van der Waals surface area (Å²) in [4.78, 5) is 12.1. The van der Waals surface area contributed by atoms with E-state index in [0.29, 0.717) is 0 Å². The van der Waals surface area contributed by atoms with E-state index < -0.39 is 5.60 Å². The van der Waals surface area contributed by atoms with Crippen LogP contribution in [-0.4, -0.2) is 23.8 Å². The summed E-state index contributed by atoms with van der Waals surface area (Å²) < 4.78 is 11.2. The summed E-state index contributed by atoms with van der Waals surface area (Å²) in [6, 6.07) is 0. The molecule has 3 fully saturated rings. The summed E-state index contributed by atoms with van der Waals surface area (Å²) in [6.45, 7) is 0. The van der Waals surface area contributed by atoms with Gasteiger partial charge in [0.2, 0.25) is 0 Å². The lowest BCUT2D eigenvalue weighted by Gasteiger charge is -2.15. The van der Waals surface area contributed by atoms with E-state index in [9.17, 15) is 4.79 Å². The first-order valence-electron chi connectivity index (χ1n) is 6.70. The summed E-state index contributed by atoms with van der Waals surface area (Å²) >= 11 is 0. The molecule has 2 atom stereocenters. The summed E-state index contributed by atoms with van der Waals surface area (Å²) in [6.07, 6.45) is 10.3. The number of fused-ring (bicyclic) bond motifs is 1. The van der Waals surface area contributed by atoms with Gasteiger partial charge in [-0.3, -0.25) is 0 Å². The van der Waals surface area contributed by atoms with E-state index in [-0.39, 0.29) is 18.2 Å². The zero-order chi connectivity index (χ0) is 11.0. The highest BCUT2D eigenvalue weighted by Crippen LogP contribution is 2.47. The van der Waals surface area contributed by atoms with Crippen LogP contribution in [0.25, 0.3) is 0 Å². The van der Waals surface area contributed by atoms with Crippen molar-refractivity contribution in [3.63, 3.8) is 0 Å². The van der Waals surface area contributed by atoms with Crippen molar-refractivity contribution in [2.45, 2.75) is 75.6 Å². The number of hydrogen-bond donors (Lipinski definition) is 0. The second-order valence-corrected chi connectivity index (χ2v) is 5.41. The van der Waals surface area contributed by atoms with Gasteiger partial charge in [0.1, 0.15) is 6.10 Å². The van der Waals surface area contributed by atoms with Crippen molar-refractivity contribution in [1.29, 1.82) is 0 Å². The molecule has 1 saturated heterocycles. The molecule has 0 radical (unpaired) electrons. The van der Waals surface area contributed by atoms with Crippen LogP contribution >= 0.6 is 0 Å². The Morgan fingerprint density at radius 1 is 1.06 bits per heavy atom. The van der Waals surface area contributed by atoms with E-state index in [1.54, 1.807) is 0 Å². The number of ether oxygens (including phenoxy) is 2. The van der Waals surface area contributed by atoms with Gasteiger partial charge in [0.15, 0.2) is 5.60 Å². The Balaban J connectivity index is 1.61. The van der Waals surface area contributed by atoms with Crippen LogP contribution in [0, 0.1) is 0 Å². The molecule has 0 N–H and O–H groups in total. The fourth-order valence-electron chi connectivity index (χ4n) is 3.16. The fraction of sp³-hybridized carbons (Fsp3) is 0.923. The van der Waals surface area contributed by atoms with E-state index in [1.165, 1.54) is 25.7 Å². The average molecular weight is 224 g/mol. The maximum Gasteiger partial charge on any atom is 0.341 e. The van der Waals surface area contributed by atoms with Gasteiger partial charge in [-0.25, -0.2) is 4.79 Å². The molecule has 2 saturated carbocycles. The van der Waals surface area contributed by atoms with Crippen molar-refractivity contribution in [1.82, 2.24) is 0 Å². The Kier molecular flexibility index (Phi) is 2.66. The van der Waals surface area contributed by atoms with Gasteiger partial charge in [-0.15, -0.1) is 0 Å². The predicted octanol–water partition coefficient (Wildman–Crippen LogP) is 2.57. The van der Waals surface area contributed by atoms with Crippen molar-refractivity contribution in [2.24, 2.45) is 0 Å². The zero-order valence-corrected chi connectivity index (χ0v) is 9.74. The summed E-state index contributed by atoms with van der Waals surface area (Å²) in [7, 11) is 0. The Bertz CT molecular complexity index is 283.